The van der Waals surface area contributed by atoms with Gasteiger partial charge in [0.05, 0.1) is 22.1 Å². The summed E-state index contributed by atoms with van der Waals surface area (Å²) >= 11 is 6.55. The van der Waals surface area contributed by atoms with E-state index in [1.54, 1.807) is 23.0 Å². The molecule has 0 N–H and O–H groups in total. The molecule has 114 valence electrons. The van der Waals surface area contributed by atoms with E-state index in [-0.39, 0.29) is 6.54 Å². The summed E-state index contributed by atoms with van der Waals surface area (Å²) in [6, 6.07) is 4.90. The fraction of sp³-hybridized carbons (Fsp3) is 0.200. The smallest absolute Gasteiger partial charge is 0.142 e. The molecule has 0 aliphatic heterocycles. The first kappa shape index (κ1) is 15.6. The normalized spacial score (nSPS) is 11.3. The van der Waals surface area contributed by atoms with Gasteiger partial charge in [-0.05, 0) is 33.6 Å². The Hall–Kier alpha value is -1.34. The molecule has 7 heteroatoms. The van der Waals surface area contributed by atoms with Gasteiger partial charge in [0.2, 0.25) is 0 Å². The Morgan fingerprint density at radius 1 is 1.18 bits per heavy atom. The Labute approximate surface area is 142 Å². The molecule has 2 aromatic heterocycles. The second-order valence-electron chi connectivity index (χ2n) is 4.75. The van der Waals surface area contributed by atoms with Gasteiger partial charge < -0.3 is 4.57 Å². The number of hydrogen-bond donors (Lipinski definition) is 0. The number of benzene rings is 1. The zero-order chi connectivity index (χ0) is 15.7. The summed E-state index contributed by atoms with van der Waals surface area (Å²) in [5.74, 6) is 0.191. The predicted octanol–water partition coefficient (Wildman–Crippen LogP) is 4.86. The molecule has 1 aromatic carbocycles. The van der Waals surface area contributed by atoms with E-state index >= 15 is 0 Å². The molecule has 0 atom stereocenters. The third-order valence-electron chi connectivity index (χ3n) is 3.31. The summed E-state index contributed by atoms with van der Waals surface area (Å²) < 4.78 is 28.7. The number of hydrogen-bond acceptors (Lipinski definition) is 2. The lowest BCUT2D eigenvalue weighted by atomic mass is 10.2. The molecule has 0 spiro atoms. The molecule has 0 bridgehead atoms. The molecule has 0 amide bonds. The van der Waals surface area contributed by atoms with Crippen molar-refractivity contribution in [2.75, 3.05) is 6.67 Å². The lowest BCUT2D eigenvalue weighted by Crippen LogP contribution is -2.02. The third kappa shape index (κ3) is 2.79. The SMILES string of the molecule is FCCn1c(-c2cncc(CBr)c2)nc2cc(F)c(Br)cc21. The molecule has 0 unspecified atom stereocenters. The molecular weight excluding hydrogens is 420 g/mol. The highest BCUT2D eigenvalue weighted by Crippen LogP contribution is 2.29. The highest BCUT2D eigenvalue weighted by molar-refractivity contribution is 9.10. The minimum absolute atomic E-state index is 0.155. The molecule has 3 aromatic rings. The molecule has 3 rings (SSSR count). The zero-order valence-corrected chi connectivity index (χ0v) is 14.5. The van der Waals surface area contributed by atoms with Gasteiger partial charge in [0.15, 0.2) is 0 Å². The highest BCUT2D eigenvalue weighted by Gasteiger charge is 2.15. The van der Waals surface area contributed by atoms with Crippen LogP contribution in [0.5, 0.6) is 0 Å². The first-order valence-corrected chi connectivity index (χ1v) is 8.47. The summed E-state index contributed by atoms with van der Waals surface area (Å²) in [4.78, 5) is 8.64. The largest absolute Gasteiger partial charge is 0.321 e. The quantitative estimate of drug-likeness (QED) is 0.553. The van der Waals surface area contributed by atoms with Crippen LogP contribution < -0.4 is 0 Å². The van der Waals surface area contributed by atoms with Gasteiger partial charge in [-0.25, -0.2) is 13.8 Å². The van der Waals surface area contributed by atoms with E-state index < -0.39 is 12.5 Å². The molecule has 0 fully saturated rings. The van der Waals surface area contributed by atoms with Gasteiger partial charge in [0.1, 0.15) is 18.3 Å². The van der Waals surface area contributed by atoms with Gasteiger partial charge in [0.25, 0.3) is 0 Å². The number of rotatable bonds is 4. The van der Waals surface area contributed by atoms with Gasteiger partial charge in [-0.2, -0.15) is 0 Å². The molecule has 0 saturated carbocycles. The van der Waals surface area contributed by atoms with Crippen LogP contribution in [-0.4, -0.2) is 21.2 Å². The molecule has 2 heterocycles. The second kappa shape index (κ2) is 6.42. The van der Waals surface area contributed by atoms with Gasteiger partial charge in [-0.3, -0.25) is 4.98 Å². The Kier molecular flexibility index (Phi) is 4.54. The summed E-state index contributed by atoms with van der Waals surface area (Å²) in [5.41, 5.74) is 2.94. The highest BCUT2D eigenvalue weighted by atomic mass is 79.9. The van der Waals surface area contributed by atoms with Crippen molar-refractivity contribution in [3.05, 3.63) is 46.4 Å². The summed E-state index contributed by atoms with van der Waals surface area (Å²) in [6.07, 6.45) is 3.42. The van der Waals surface area contributed by atoms with Crippen molar-refractivity contribution in [3.8, 4) is 11.4 Å². The lowest BCUT2D eigenvalue weighted by Gasteiger charge is -2.07. The Morgan fingerprint density at radius 2 is 2.00 bits per heavy atom. The molecule has 0 aliphatic carbocycles. The minimum atomic E-state index is -0.529. The van der Waals surface area contributed by atoms with Gasteiger partial charge in [-0.15, -0.1) is 0 Å². The van der Waals surface area contributed by atoms with E-state index in [0.717, 1.165) is 11.1 Å². The first-order chi connectivity index (χ1) is 10.6. The van der Waals surface area contributed by atoms with Crippen molar-refractivity contribution in [1.82, 2.24) is 14.5 Å². The van der Waals surface area contributed by atoms with Crippen LogP contribution >= 0.6 is 31.9 Å². The zero-order valence-electron chi connectivity index (χ0n) is 11.4. The Bertz CT molecular complexity index is 833. The monoisotopic (exact) mass is 429 g/mol. The lowest BCUT2D eigenvalue weighted by molar-refractivity contribution is 0.451. The van der Waals surface area contributed by atoms with Crippen LogP contribution in [0.25, 0.3) is 22.4 Å². The number of halogens is 4. The molecule has 3 nitrogen and oxygen atoms in total. The van der Waals surface area contributed by atoms with Crippen LogP contribution in [0.1, 0.15) is 5.56 Å². The average Bonchev–Trinajstić information content (AvgIpc) is 2.86. The molecule has 22 heavy (non-hydrogen) atoms. The predicted molar refractivity (Wildman–Crippen MR) is 89.2 cm³/mol. The van der Waals surface area contributed by atoms with E-state index in [1.165, 1.54) is 6.07 Å². The van der Waals surface area contributed by atoms with Crippen molar-refractivity contribution >= 4 is 42.9 Å². The second-order valence-corrected chi connectivity index (χ2v) is 6.16. The van der Waals surface area contributed by atoms with Crippen LogP contribution in [0.15, 0.2) is 35.1 Å². The van der Waals surface area contributed by atoms with E-state index in [1.807, 2.05) is 6.07 Å². The van der Waals surface area contributed by atoms with Crippen LogP contribution in [0.4, 0.5) is 8.78 Å². The Morgan fingerprint density at radius 3 is 2.73 bits per heavy atom. The Balaban J connectivity index is 2.25. The van der Waals surface area contributed by atoms with Crippen LogP contribution in [0, 0.1) is 5.82 Å². The minimum Gasteiger partial charge on any atom is -0.321 e. The summed E-state index contributed by atoms with van der Waals surface area (Å²) in [7, 11) is 0. The maximum absolute atomic E-state index is 13.7. The fourth-order valence-electron chi connectivity index (χ4n) is 2.33. The number of nitrogens with zero attached hydrogens (tertiary/aromatic N) is 3. The molecule has 0 radical (unpaired) electrons. The fourth-order valence-corrected chi connectivity index (χ4v) is 2.97. The van der Waals surface area contributed by atoms with Crippen molar-refractivity contribution in [3.63, 3.8) is 0 Å². The van der Waals surface area contributed by atoms with Crippen LogP contribution in [0.2, 0.25) is 0 Å². The van der Waals surface area contributed by atoms with Gasteiger partial charge in [-0.1, -0.05) is 15.9 Å². The maximum atomic E-state index is 13.7. The van der Waals surface area contributed by atoms with Crippen molar-refractivity contribution in [2.24, 2.45) is 0 Å². The van der Waals surface area contributed by atoms with E-state index in [2.05, 4.69) is 41.8 Å². The van der Waals surface area contributed by atoms with Crippen LogP contribution in [0.3, 0.4) is 0 Å². The maximum Gasteiger partial charge on any atom is 0.142 e. The van der Waals surface area contributed by atoms with Gasteiger partial charge >= 0.3 is 0 Å². The van der Waals surface area contributed by atoms with Crippen molar-refractivity contribution < 1.29 is 8.78 Å². The number of aromatic nitrogens is 3. The number of pyridine rings is 1. The van der Waals surface area contributed by atoms with E-state index in [4.69, 9.17) is 0 Å². The first-order valence-electron chi connectivity index (χ1n) is 6.55. The number of fused-ring (bicyclic) bond motifs is 1. The van der Waals surface area contributed by atoms with E-state index in [0.29, 0.717) is 26.7 Å². The number of aryl methyl sites for hydroxylation is 1. The third-order valence-corrected chi connectivity index (χ3v) is 4.56. The van der Waals surface area contributed by atoms with Gasteiger partial charge in [0, 0.05) is 29.4 Å². The van der Waals surface area contributed by atoms with E-state index in [9.17, 15) is 8.78 Å². The summed E-state index contributed by atoms with van der Waals surface area (Å²) in [5, 5.41) is 0.664. The molecular formula is C15H11Br2F2N3. The van der Waals surface area contributed by atoms with Crippen LogP contribution in [-0.2, 0) is 11.9 Å². The number of imidazole rings is 1. The van der Waals surface area contributed by atoms with Crippen molar-refractivity contribution in [1.29, 1.82) is 0 Å². The molecule has 0 aliphatic rings. The molecule has 0 saturated heterocycles. The topological polar surface area (TPSA) is 30.7 Å². The van der Waals surface area contributed by atoms with Crippen molar-refractivity contribution in [2.45, 2.75) is 11.9 Å². The average molecular weight is 431 g/mol. The number of alkyl halides is 2. The standard InChI is InChI=1S/C15H11Br2F2N3/c16-6-9-3-10(8-20-7-9)15-21-13-5-12(19)11(17)4-14(13)22(15)2-1-18/h3-5,7-8H,1-2,6H2. The summed E-state index contributed by atoms with van der Waals surface area (Å²) in [6.45, 7) is -0.374.